The molecule has 1 aromatic rings. The van der Waals surface area contributed by atoms with Crippen LogP contribution >= 0.6 is 0 Å². The molecule has 1 N–H and O–H groups in total. The van der Waals surface area contributed by atoms with Crippen LogP contribution < -0.4 is 5.32 Å². The molecule has 0 aliphatic carbocycles. The molecule has 14 heavy (non-hydrogen) atoms. The van der Waals surface area contributed by atoms with Gasteiger partial charge in [-0.05, 0) is 31.7 Å². The zero-order valence-electron chi connectivity index (χ0n) is 8.51. The van der Waals surface area contributed by atoms with Crippen molar-refractivity contribution in [1.29, 1.82) is 0 Å². The van der Waals surface area contributed by atoms with Crippen molar-refractivity contribution >= 4 is 0 Å². The first-order chi connectivity index (χ1) is 6.45. The normalized spacial score (nSPS) is 14.1. The van der Waals surface area contributed by atoms with Gasteiger partial charge in [0.15, 0.2) is 0 Å². The van der Waals surface area contributed by atoms with E-state index < -0.39 is 5.92 Å². The van der Waals surface area contributed by atoms with Crippen molar-refractivity contribution in [2.24, 2.45) is 0 Å². The van der Waals surface area contributed by atoms with Gasteiger partial charge in [-0.15, -0.1) is 0 Å². The summed E-state index contributed by atoms with van der Waals surface area (Å²) in [6.45, 7) is 2.76. The van der Waals surface area contributed by atoms with Crippen molar-refractivity contribution in [3.05, 3.63) is 29.6 Å². The van der Waals surface area contributed by atoms with Gasteiger partial charge in [0.1, 0.15) is 5.69 Å². The van der Waals surface area contributed by atoms with E-state index in [0.29, 0.717) is 0 Å². The highest BCUT2D eigenvalue weighted by molar-refractivity contribution is 5.21. The van der Waals surface area contributed by atoms with Crippen molar-refractivity contribution < 1.29 is 8.78 Å². The van der Waals surface area contributed by atoms with E-state index in [9.17, 15) is 8.78 Å². The van der Waals surface area contributed by atoms with E-state index >= 15 is 0 Å². The van der Waals surface area contributed by atoms with Gasteiger partial charge in [-0.2, -0.15) is 8.78 Å². The molecular formula is C10H14F2N2. The molecule has 1 rings (SSSR count). The lowest BCUT2D eigenvalue weighted by atomic mass is 10.1. The number of rotatable bonds is 3. The summed E-state index contributed by atoms with van der Waals surface area (Å²) >= 11 is 0. The fourth-order valence-electron chi connectivity index (χ4n) is 1.12. The summed E-state index contributed by atoms with van der Waals surface area (Å²) in [7, 11) is 1.79. The summed E-state index contributed by atoms with van der Waals surface area (Å²) in [6.07, 6.45) is 1.41. The SMILES string of the molecule is CNC(C)c1ccnc(C(C)(F)F)c1. The first kappa shape index (κ1) is 11.0. The van der Waals surface area contributed by atoms with E-state index in [2.05, 4.69) is 10.3 Å². The Morgan fingerprint density at radius 1 is 1.50 bits per heavy atom. The fourth-order valence-corrected chi connectivity index (χ4v) is 1.12. The largest absolute Gasteiger partial charge is 0.313 e. The van der Waals surface area contributed by atoms with Crippen LogP contribution in [0.25, 0.3) is 0 Å². The Labute approximate surface area is 82.4 Å². The molecule has 1 atom stereocenters. The molecule has 0 spiro atoms. The third-order valence-corrected chi connectivity index (χ3v) is 2.17. The van der Waals surface area contributed by atoms with Gasteiger partial charge in [0.25, 0.3) is 5.92 Å². The van der Waals surface area contributed by atoms with Crippen molar-refractivity contribution in [3.8, 4) is 0 Å². The number of hydrogen-bond donors (Lipinski definition) is 1. The van der Waals surface area contributed by atoms with Crippen LogP contribution in [0.1, 0.15) is 31.1 Å². The first-order valence-corrected chi connectivity index (χ1v) is 4.46. The molecule has 0 fully saturated rings. The summed E-state index contributed by atoms with van der Waals surface area (Å²) in [4.78, 5) is 3.65. The second kappa shape index (κ2) is 4.00. The van der Waals surface area contributed by atoms with Crippen LogP contribution in [-0.2, 0) is 5.92 Å². The van der Waals surface area contributed by atoms with Gasteiger partial charge in [-0.1, -0.05) is 0 Å². The van der Waals surface area contributed by atoms with E-state index in [-0.39, 0.29) is 11.7 Å². The van der Waals surface area contributed by atoms with Gasteiger partial charge < -0.3 is 5.32 Å². The molecule has 1 unspecified atom stereocenters. The van der Waals surface area contributed by atoms with E-state index in [4.69, 9.17) is 0 Å². The Morgan fingerprint density at radius 3 is 2.64 bits per heavy atom. The second-order valence-electron chi connectivity index (χ2n) is 3.37. The second-order valence-corrected chi connectivity index (χ2v) is 3.37. The van der Waals surface area contributed by atoms with Crippen molar-refractivity contribution in [2.45, 2.75) is 25.8 Å². The lowest BCUT2D eigenvalue weighted by molar-refractivity contribution is 0.0126. The van der Waals surface area contributed by atoms with Gasteiger partial charge >= 0.3 is 0 Å². The van der Waals surface area contributed by atoms with Gasteiger partial charge in [-0.25, -0.2) is 0 Å². The summed E-state index contributed by atoms with van der Waals surface area (Å²) in [5, 5.41) is 2.99. The summed E-state index contributed by atoms with van der Waals surface area (Å²) < 4.78 is 25.8. The van der Waals surface area contributed by atoms with Crippen LogP contribution in [0.3, 0.4) is 0 Å². The Morgan fingerprint density at radius 2 is 2.14 bits per heavy atom. The first-order valence-electron chi connectivity index (χ1n) is 4.46. The highest BCUT2D eigenvalue weighted by atomic mass is 19.3. The van der Waals surface area contributed by atoms with E-state index in [1.165, 1.54) is 12.3 Å². The maximum Gasteiger partial charge on any atom is 0.286 e. The maximum absolute atomic E-state index is 12.9. The van der Waals surface area contributed by atoms with Crippen LogP contribution in [0.5, 0.6) is 0 Å². The molecule has 0 amide bonds. The smallest absolute Gasteiger partial charge is 0.286 e. The van der Waals surface area contributed by atoms with E-state index in [1.807, 2.05) is 6.92 Å². The predicted octanol–water partition coefficient (Wildman–Crippen LogP) is 2.47. The topological polar surface area (TPSA) is 24.9 Å². The van der Waals surface area contributed by atoms with Crippen LogP contribution in [0, 0.1) is 0 Å². The monoisotopic (exact) mass is 200 g/mol. The number of nitrogens with zero attached hydrogens (tertiary/aromatic N) is 1. The molecule has 78 valence electrons. The minimum atomic E-state index is -2.87. The Kier molecular flexibility index (Phi) is 3.16. The van der Waals surface area contributed by atoms with Gasteiger partial charge in [0.2, 0.25) is 0 Å². The Hall–Kier alpha value is -1.03. The van der Waals surface area contributed by atoms with E-state index in [0.717, 1.165) is 12.5 Å². The molecule has 0 aromatic carbocycles. The standard InChI is InChI=1S/C10H14F2N2/c1-7(13-3)8-4-5-14-9(6-8)10(2,11)12/h4-7,13H,1-3H3. The lowest BCUT2D eigenvalue weighted by Crippen LogP contribution is -2.15. The number of pyridine rings is 1. The molecule has 4 heteroatoms. The maximum atomic E-state index is 12.9. The molecule has 0 bridgehead atoms. The molecule has 2 nitrogen and oxygen atoms in total. The molecule has 0 saturated carbocycles. The molecule has 0 aliphatic rings. The van der Waals surface area contributed by atoms with E-state index in [1.54, 1.807) is 13.1 Å². The van der Waals surface area contributed by atoms with Crippen molar-refractivity contribution in [2.75, 3.05) is 7.05 Å². The quantitative estimate of drug-likeness (QED) is 0.810. The minimum Gasteiger partial charge on any atom is -0.313 e. The fraction of sp³-hybridized carbons (Fsp3) is 0.500. The molecule has 1 aromatic heterocycles. The minimum absolute atomic E-state index is 0.0547. The van der Waals surface area contributed by atoms with Crippen molar-refractivity contribution in [1.82, 2.24) is 10.3 Å². The highest BCUT2D eigenvalue weighted by Crippen LogP contribution is 2.26. The molecule has 0 radical (unpaired) electrons. The summed E-state index contributed by atoms with van der Waals surface area (Å²) in [6, 6.07) is 3.22. The molecule has 1 heterocycles. The number of aromatic nitrogens is 1. The Balaban J connectivity index is 3.01. The number of hydrogen-bond acceptors (Lipinski definition) is 2. The molecular weight excluding hydrogens is 186 g/mol. The number of halogens is 2. The van der Waals surface area contributed by atoms with Gasteiger partial charge in [0, 0.05) is 19.2 Å². The summed E-state index contributed by atoms with van der Waals surface area (Å²) in [5.74, 6) is -2.87. The zero-order chi connectivity index (χ0) is 10.8. The highest BCUT2D eigenvalue weighted by Gasteiger charge is 2.26. The predicted molar refractivity (Wildman–Crippen MR) is 51.3 cm³/mol. The van der Waals surface area contributed by atoms with Crippen LogP contribution in [0.4, 0.5) is 8.78 Å². The number of nitrogens with one attached hydrogen (secondary N) is 1. The number of alkyl halides is 2. The lowest BCUT2D eigenvalue weighted by Gasteiger charge is -2.14. The van der Waals surface area contributed by atoms with Crippen LogP contribution in [0.15, 0.2) is 18.3 Å². The van der Waals surface area contributed by atoms with Gasteiger partial charge in [-0.3, -0.25) is 4.98 Å². The van der Waals surface area contributed by atoms with Crippen LogP contribution in [-0.4, -0.2) is 12.0 Å². The summed E-state index contributed by atoms with van der Waals surface area (Å²) in [5.41, 5.74) is 0.635. The van der Waals surface area contributed by atoms with Crippen LogP contribution in [0.2, 0.25) is 0 Å². The zero-order valence-corrected chi connectivity index (χ0v) is 8.51. The third-order valence-electron chi connectivity index (χ3n) is 2.17. The molecule has 0 aliphatic heterocycles. The average Bonchev–Trinajstić information content (AvgIpc) is 2.15. The van der Waals surface area contributed by atoms with Crippen molar-refractivity contribution in [3.63, 3.8) is 0 Å². The van der Waals surface area contributed by atoms with Gasteiger partial charge in [0.05, 0.1) is 0 Å². The Bertz CT molecular complexity index is 307. The third kappa shape index (κ3) is 2.48. The molecule has 0 saturated heterocycles. The average molecular weight is 200 g/mol.